The quantitative estimate of drug-likeness (QED) is 0.542. The average molecular weight is 350 g/mol. The molecule has 0 spiro atoms. The minimum absolute atomic E-state index is 0.286. The Kier molecular flexibility index (Phi) is 5.46. The number of para-hydroxylation sites is 2. The van der Waals surface area contributed by atoms with E-state index in [2.05, 4.69) is 10.3 Å². The molecule has 0 unspecified atom stereocenters. The van der Waals surface area contributed by atoms with Crippen molar-refractivity contribution in [2.75, 3.05) is 7.11 Å². The zero-order chi connectivity index (χ0) is 18.5. The molecule has 3 aromatic rings. The first-order chi connectivity index (χ1) is 12.7. The molecule has 0 aliphatic carbocycles. The first kappa shape index (κ1) is 17.9. The zero-order valence-electron chi connectivity index (χ0n) is 15.0. The van der Waals surface area contributed by atoms with E-state index >= 15 is 0 Å². The molecule has 26 heavy (non-hydrogen) atoms. The number of fused-ring (bicyclic) bond motifs is 2. The summed E-state index contributed by atoms with van der Waals surface area (Å²) < 4.78 is 4.86. The second-order valence-corrected chi connectivity index (χ2v) is 6.21. The highest BCUT2D eigenvalue weighted by Gasteiger charge is 2.24. The van der Waals surface area contributed by atoms with Gasteiger partial charge in [0.15, 0.2) is 0 Å². The van der Waals surface area contributed by atoms with Crippen molar-refractivity contribution in [3.05, 3.63) is 54.1 Å². The van der Waals surface area contributed by atoms with E-state index in [1.807, 2.05) is 55.5 Å². The lowest BCUT2D eigenvalue weighted by atomic mass is 10.0. The molecule has 1 aromatic heterocycles. The molecule has 0 fully saturated rings. The Labute approximate surface area is 152 Å². The number of ether oxygens (including phenoxy) is 1. The molecule has 1 amide bonds. The second kappa shape index (κ2) is 7.95. The fourth-order valence-corrected chi connectivity index (χ4v) is 3.11. The molecule has 0 saturated heterocycles. The van der Waals surface area contributed by atoms with E-state index in [0.717, 1.165) is 34.6 Å². The lowest BCUT2D eigenvalue weighted by molar-refractivity contribution is -0.143. The number of carbonyl (C=O) groups excluding carboxylic acids is 2. The fourth-order valence-electron chi connectivity index (χ4n) is 3.11. The molecule has 3 rings (SSSR count). The molecule has 5 nitrogen and oxygen atoms in total. The number of benzene rings is 2. The zero-order valence-corrected chi connectivity index (χ0v) is 15.0. The number of nitrogens with one attached hydrogen (secondary N) is 1. The molecule has 2 aromatic carbocycles. The lowest BCUT2D eigenvalue weighted by Gasteiger charge is -2.18. The van der Waals surface area contributed by atoms with Crippen LogP contribution in [0.5, 0.6) is 0 Å². The Balaban J connectivity index is 2.06. The van der Waals surface area contributed by atoms with Crippen molar-refractivity contribution >= 4 is 33.7 Å². The Bertz CT molecular complexity index is 898. The molecule has 1 heterocycles. The van der Waals surface area contributed by atoms with Crippen molar-refractivity contribution in [3.8, 4) is 0 Å². The summed E-state index contributed by atoms with van der Waals surface area (Å²) in [6.45, 7) is 2.04. The van der Waals surface area contributed by atoms with Crippen LogP contribution in [-0.2, 0) is 9.53 Å². The summed E-state index contributed by atoms with van der Waals surface area (Å²) in [6.07, 6.45) is 2.32. The van der Waals surface area contributed by atoms with Crippen LogP contribution in [0.2, 0.25) is 0 Å². The first-order valence-corrected chi connectivity index (χ1v) is 8.82. The highest BCUT2D eigenvalue weighted by Crippen LogP contribution is 2.26. The Morgan fingerprint density at radius 3 is 2.15 bits per heavy atom. The van der Waals surface area contributed by atoms with Crippen LogP contribution in [0.15, 0.2) is 48.5 Å². The highest BCUT2D eigenvalue weighted by molar-refractivity contribution is 6.16. The van der Waals surface area contributed by atoms with Crippen LogP contribution in [-0.4, -0.2) is 30.0 Å². The molecule has 0 saturated carbocycles. The third-order valence-electron chi connectivity index (χ3n) is 4.45. The predicted molar refractivity (Wildman–Crippen MR) is 102 cm³/mol. The van der Waals surface area contributed by atoms with Gasteiger partial charge < -0.3 is 10.1 Å². The molecule has 1 N–H and O–H groups in total. The van der Waals surface area contributed by atoms with Gasteiger partial charge in [-0.25, -0.2) is 9.78 Å². The SMILES string of the molecule is CCCC[C@@H](NC(=O)c1c2ccccc2nc2ccccc12)C(=O)OC. The van der Waals surface area contributed by atoms with Crippen LogP contribution in [0.3, 0.4) is 0 Å². The minimum atomic E-state index is -0.655. The van der Waals surface area contributed by atoms with E-state index in [1.54, 1.807) is 0 Å². The molecule has 5 heteroatoms. The Morgan fingerprint density at radius 1 is 1.04 bits per heavy atom. The number of hydrogen-bond acceptors (Lipinski definition) is 4. The van der Waals surface area contributed by atoms with Crippen LogP contribution in [0, 0.1) is 0 Å². The largest absolute Gasteiger partial charge is 0.467 e. The fraction of sp³-hybridized carbons (Fsp3) is 0.286. The van der Waals surface area contributed by atoms with E-state index in [1.165, 1.54) is 7.11 Å². The van der Waals surface area contributed by atoms with Gasteiger partial charge in [0.05, 0.1) is 23.7 Å². The maximum absolute atomic E-state index is 13.1. The molecular formula is C21H22N2O3. The van der Waals surface area contributed by atoms with Crippen molar-refractivity contribution in [2.24, 2.45) is 0 Å². The first-order valence-electron chi connectivity index (χ1n) is 8.82. The summed E-state index contributed by atoms with van der Waals surface area (Å²) in [5.41, 5.74) is 2.04. The summed E-state index contributed by atoms with van der Waals surface area (Å²) in [6, 6.07) is 14.4. The van der Waals surface area contributed by atoms with Crippen LogP contribution < -0.4 is 5.32 Å². The number of pyridine rings is 1. The van der Waals surface area contributed by atoms with Gasteiger partial charge in [0, 0.05) is 10.8 Å². The van der Waals surface area contributed by atoms with Gasteiger partial charge in [-0.1, -0.05) is 56.2 Å². The standard InChI is InChI=1S/C21H22N2O3/c1-3-4-11-18(21(25)26-2)23-20(24)19-14-9-5-7-12-16(14)22-17-13-8-6-10-15(17)19/h5-10,12-13,18H,3-4,11H2,1-2H3,(H,23,24)/t18-/m1/s1. The van der Waals surface area contributed by atoms with Crippen molar-refractivity contribution in [1.29, 1.82) is 0 Å². The molecule has 134 valence electrons. The summed E-state index contributed by atoms with van der Waals surface area (Å²) in [7, 11) is 1.34. The van der Waals surface area contributed by atoms with Gasteiger partial charge in [-0.15, -0.1) is 0 Å². The molecule has 0 radical (unpaired) electrons. The number of methoxy groups -OCH3 is 1. The number of unbranched alkanes of at least 4 members (excludes halogenated alkanes) is 1. The van der Waals surface area contributed by atoms with E-state index in [4.69, 9.17) is 4.74 Å². The number of amides is 1. The van der Waals surface area contributed by atoms with Crippen LogP contribution in [0.1, 0.15) is 36.5 Å². The third kappa shape index (κ3) is 3.52. The number of aromatic nitrogens is 1. The van der Waals surface area contributed by atoms with Crippen molar-refractivity contribution in [2.45, 2.75) is 32.2 Å². The summed E-state index contributed by atoms with van der Waals surface area (Å²) >= 11 is 0. The maximum atomic E-state index is 13.1. The van der Waals surface area contributed by atoms with Gasteiger partial charge in [-0.2, -0.15) is 0 Å². The van der Waals surface area contributed by atoms with Gasteiger partial charge in [-0.3, -0.25) is 4.79 Å². The number of hydrogen-bond donors (Lipinski definition) is 1. The number of carbonyl (C=O) groups is 2. The summed E-state index contributed by atoms with van der Waals surface area (Å²) in [5, 5.41) is 4.39. The topological polar surface area (TPSA) is 68.3 Å². The molecule has 0 aliphatic rings. The number of rotatable bonds is 6. The third-order valence-corrected chi connectivity index (χ3v) is 4.45. The molecule has 1 atom stereocenters. The minimum Gasteiger partial charge on any atom is -0.467 e. The van der Waals surface area contributed by atoms with Crippen LogP contribution in [0.25, 0.3) is 21.8 Å². The number of esters is 1. The predicted octanol–water partition coefficient (Wildman–Crippen LogP) is 3.85. The molecule has 0 bridgehead atoms. The Morgan fingerprint density at radius 2 is 1.62 bits per heavy atom. The summed E-state index contributed by atoms with van der Waals surface area (Å²) in [5.74, 6) is -0.708. The van der Waals surface area contributed by atoms with Gasteiger partial charge in [0.25, 0.3) is 5.91 Å². The smallest absolute Gasteiger partial charge is 0.328 e. The van der Waals surface area contributed by atoms with Gasteiger partial charge in [-0.05, 0) is 18.6 Å². The van der Waals surface area contributed by atoms with Crippen molar-refractivity contribution in [3.63, 3.8) is 0 Å². The van der Waals surface area contributed by atoms with Gasteiger partial charge in [0.2, 0.25) is 0 Å². The van der Waals surface area contributed by atoms with Crippen LogP contribution >= 0.6 is 0 Å². The highest BCUT2D eigenvalue weighted by atomic mass is 16.5. The van der Waals surface area contributed by atoms with E-state index < -0.39 is 12.0 Å². The van der Waals surface area contributed by atoms with Crippen LogP contribution in [0.4, 0.5) is 0 Å². The second-order valence-electron chi connectivity index (χ2n) is 6.21. The monoisotopic (exact) mass is 350 g/mol. The molecular weight excluding hydrogens is 328 g/mol. The maximum Gasteiger partial charge on any atom is 0.328 e. The van der Waals surface area contributed by atoms with E-state index in [9.17, 15) is 9.59 Å². The average Bonchev–Trinajstić information content (AvgIpc) is 2.68. The van der Waals surface area contributed by atoms with E-state index in [-0.39, 0.29) is 5.91 Å². The lowest BCUT2D eigenvalue weighted by Crippen LogP contribution is -2.41. The number of nitrogens with zero attached hydrogens (tertiary/aromatic N) is 1. The molecule has 0 aliphatic heterocycles. The summed E-state index contributed by atoms with van der Waals surface area (Å²) in [4.78, 5) is 29.8. The van der Waals surface area contributed by atoms with Gasteiger partial charge in [0.1, 0.15) is 6.04 Å². The van der Waals surface area contributed by atoms with Crippen molar-refractivity contribution < 1.29 is 14.3 Å². The normalized spacial score (nSPS) is 12.1. The van der Waals surface area contributed by atoms with Gasteiger partial charge >= 0.3 is 5.97 Å². The van der Waals surface area contributed by atoms with E-state index in [0.29, 0.717) is 12.0 Å². The van der Waals surface area contributed by atoms with Crippen molar-refractivity contribution in [1.82, 2.24) is 10.3 Å². The Hall–Kier alpha value is -2.95.